The van der Waals surface area contributed by atoms with Gasteiger partial charge in [-0.25, -0.2) is 4.98 Å². The standard InChI is InChI=1S/C34H36N4O2/c1-37(2)30-20-18-27(19-21-30)26-16-14-25(15-17-26)24-38(34(40)28-9-4-3-5-10-28)31-12-8-11-29(23-31)33(39)36-32-13-6-7-22-35-32/h6-8,11-23,28H,3-5,9-10,24H2,1-2H3,(H,35,36,39). The molecule has 40 heavy (non-hydrogen) atoms. The molecule has 1 aromatic heterocycles. The Morgan fingerprint density at radius 1 is 0.800 bits per heavy atom. The van der Waals surface area contributed by atoms with Crippen LogP contribution in [0, 0.1) is 5.92 Å². The Hall–Kier alpha value is -4.45. The van der Waals surface area contributed by atoms with E-state index < -0.39 is 0 Å². The second-order valence-corrected chi connectivity index (χ2v) is 10.6. The predicted molar refractivity (Wildman–Crippen MR) is 163 cm³/mol. The van der Waals surface area contributed by atoms with Crippen molar-refractivity contribution in [2.24, 2.45) is 5.92 Å². The molecule has 4 aromatic rings. The zero-order chi connectivity index (χ0) is 27.9. The van der Waals surface area contributed by atoms with E-state index in [4.69, 9.17) is 0 Å². The van der Waals surface area contributed by atoms with Gasteiger partial charge < -0.3 is 15.1 Å². The van der Waals surface area contributed by atoms with Crippen LogP contribution in [0.1, 0.15) is 48.0 Å². The lowest BCUT2D eigenvalue weighted by Gasteiger charge is -2.30. The molecule has 0 bridgehead atoms. The quantitative estimate of drug-likeness (QED) is 0.261. The van der Waals surface area contributed by atoms with Gasteiger partial charge in [-0.2, -0.15) is 0 Å². The minimum atomic E-state index is -0.254. The zero-order valence-electron chi connectivity index (χ0n) is 23.2. The lowest BCUT2D eigenvalue weighted by molar-refractivity contribution is -0.123. The lowest BCUT2D eigenvalue weighted by Crippen LogP contribution is -2.36. The van der Waals surface area contributed by atoms with Gasteiger partial charge in [-0.1, -0.05) is 67.8 Å². The SMILES string of the molecule is CN(C)c1ccc(-c2ccc(CN(C(=O)C3CCCCC3)c3cccc(C(=O)Nc4ccccn4)c3)cc2)cc1. The Bertz CT molecular complexity index is 1430. The van der Waals surface area contributed by atoms with Crippen molar-refractivity contribution >= 4 is 29.0 Å². The molecule has 6 nitrogen and oxygen atoms in total. The molecule has 1 N–H and O–H groups in total. The fourth-order valence-electron chi connectivity index (χ4n) is 5.24. The van der Waals surface area contributed by atoms with Gasteiger partial charge in [0, 0.05) is 43.1 Å². The van der Waals surface area contributed by atoms with Crippen molar-refractivity contribution in [1.29, 1.82) is 0 Å². The second-order valence-electron chi connectivity index (χ2n) is 10.6. The Morgan fingerprint density at radius 3 is 2.15 bits per heavy atom. The topological polar surface area (TPSA) is 65.5 Å². The summed E-state index contributed by atoms with van der Waals surface area (Å²) in [6, 6.07) is 29.6. The molecular weight excluding hydrogens is 496 g/mol. The van der Waals surface area contributed by atoms with E-state index >= 15 is 0 Å². The molecule has 5 rings (SSSR count). The second kappa shape index (κ2) is 12.6. The molecule has 1 aliphatic carbocycles. The van der Waals surface area contributed by atoms with Crippen LogP contribution in [0.25, 0.3) is 11.1 Å². The Labute approximate surface area is 236 Å². The van der Waals surface area contributed by atoms with Gasteiger partial charge >= 0.3 is 0 Å². The maximum Gasteiger partial charge on any atom is 0.256 e. The number of amides is 2. The Balaban J connectivity index is 1.39. The summed E-state index contributed by atoms with van der Waals surface area (Å²) in [5, 5.41) is 2.84. The summed E-state index contributed by atoms with van der Waals surface area (Å²) in [6.45, 7) is 0.445. The highest BCUT2D eigenvalue weighted by Gasteiger charge is 2.27. The van der Waals surface area contributed by atoms with Crippen LogP contribution in [0.3, 0.4) is 0 Å². The molecule has 0 radical (unpaired) electrons. The fourth-order valence-corrected chi connectivity index (χ4v) is 5.24. The third-order valence-electron chi connectivity index (χ3n) is 7.56. The maximum atomic E-state index is 13.9. The fraction of sp³-hybridized carbons (Fsp3) is 0.265. The first-order valence-electron chi connectivity index (χ1n) is 14.0. The van der Waals surface area contributed by atoms with E-state index in [0.717, 1.165) is 53.7 Å². The molecule has 0 spiro atoms. The Morgan fingerprint density at radius 2 is 1.50 bits per heavy atom. The van der Waals surface area contributed by atoms with E-state index in [2.05, 4.69) is 63.7 Å². The van der Waals surface area contributed by atoms with E-state index in [-0.39, 0.29) is 17.7 Å². The van der Waals surface area contributed by atoms with Crippen LogP contribution < -0.4 is 15.1 Å². The van der Waals surface area contributed by atoms with Crippen LogP contribution in [0.15, 0.2) is 97.2 Å². The molecule has 1 fully saturated rings. The van der Waals surface area contributed by atoms with Crippen molar-refractivity contribution in [2.45, 2.75) is 38.6 Å². The molecule has 204 valence electrons. The number of aromatic nitrogens is 1. The minimum absolute atomic E-state index is 0.00855. The summed E-state index contributed by atoms with van der Waals surface area (Å²) >= 11 is 0. The lowest BCUT2D eigenvalue weighted by atomic mass is 9.88. The molecule has 0 atom stereocenters. The number of benzene rings is 3. The number of hydrogen-bond acceptors (Lipinski definition) is 4. The smallest absolute Gasteiger partial charge is 0.256 e. The molecule has 0 unspecified atom stereocenters. The molecular formula is C34H36N4O2. The van der Waals surface area contributed by atoms with Crippen LogP contribution in [0.2, 0.25) is 0 Å². The summed E-state index contributed by atoms with van der Waals surface area (Å²) in [6.07, 6.45) is 6.81. The van der Waals surface area contributed by atoms with Gasteiger partial charge in [0.1, 0.15) is 5.82 Å². The first-order valence-corrected chi connectivity index (χ1v) is 14.0. The average molecular weight is 533 g/mol. The minimum Gasteiger partial charge on any atom is -0.378 e. The number of rotatable bonds is 8. The van der Waals surface area contributed by atoms with E-state index in [1.165, 1.54) is 6.42 Å². The number of pyridine rings is 1. The van der Waals surface area contributed by atoms with Gasteiger partial charge in [0.15, 0.2) is 0 Å². The van der Waals surface area contributed by atoms with Crippen molar-refractivity contribution in [3.63, 3.8) is 0 Å². The third kappa shape index (κ3) is 6.57. The highest BCUT2D eigenvalue weighted by Crippen LogP contribution is 2.30. The molecule has 0 aliphatic heterocycles. The molecule has 1 heterocycles. The molecule has 0 saturated heterocycles. The number of carbonyl (C=O) groups excluding carboxylic acids is 2. The molecule has 2 amide bonds. The van der Waals surface area contributed by atoms with Crippen LogP contribution in [-0.2, 0) is 11.3 Å². The summed E-state index contributed by atoms with van der Waals surface area (Å²) in [5.74, 6) is 0.374. The van der Waals surface area contributed by atoms with Crippen LogP contribution in [-0.4, -0.2) is 30.9 Å². The molecule has 3 aromatic carbocycles. The first kappa shape index (κ1) is 27.1. The van der Waals surface area contributed by atoms with Crippen LogP contribution in [0.4, 0.5) is 17.2 Å². The van der Waals surface area contributed by atoms with Crippen molar-refractivity contribution < 1.29 is 9.59 Å². The average Bonchev–Trinajstić information content (AvgIpc) is 3.01. The van der Waals surface area contributed by atoms with Gasteiger partial charge in [0.2, 0.25) is 5.91 Å². The first-order chi connectivity index (χ1) is 19.5. The van der Waals surface area contributed by atoms with Crippen LogP contribution >= 0.6 is 0 Å². The number of anilines is 3. The normalized spacial score (nSPS) is 13.4. The summed E-state index contributed by atoms with van der Waals surface area (Å²) < 4.78 is 0. The number of nitrogens with zero attached hydrogens (tertiary/aromatic N) is 3. The van der Waals surface area contributed by atoms with Gasteiger partial charge in [-0.05, 0) is 72.0 Å². The highest BCUT2D eigenvalue weighted by atomic mass is 16.2. The third-order valence-corrected chi connectivity index (χ3v) is 7.56. The number of hydrogen-bond donors (Lipinski definition) is 1. The van der Waals surface area contributed by atoms with E-state index in [1.807, 2.05) is 37.2 Å². The van der Waals surface area contributed by atoms with Crippen molar-refractivity contribution in [2.75, 3.05) is 29.2 Å². The van der Waals surface area contributed by atoms with Crippen molar-refractivity contribution in [3.8, 4) is 11.1 Å². The van der Waals surface area contributed by atoms with Gasteiger partial charge in [-0.3, -0.25) is 9.59 Å². The van der Waals surface area contributed by atoms with Gasteiger partial charge in [0.05, 0.1) is 6.54 Å². The summed E-state index contributed by atoms with van der Waals surface area (Å²) in [4.78, 5) is 35.0. The van der Waals surface area contributed by atoms with E-state index in [0.29, 0.717) is 17.9 Å². The van der Waals surface area contributed by atoms with E-state index in [9.17, 15) is 9.59 Å². The van der Waals surface area contributed by atoms with E-state index in [1.54, 1.807) is 30.5 Å². The number of nitrogens with one attached hydrogen (secondary N) is 1. The maximum absolute atomic E-state index is 13.9. The van der Waals surface area contributed by atoms with Crippen molar-refractivity contribution in [3.05, 3.63) is 108 Å². The molecule has 1 aliphatic rings. The zero-order valence-corrected chi connectivity index (χ0v) is 23.2. The monoisotopic (exact) mass is 532 g/mol. The molecule has 1 saturated carbocycles. The summed E-state index contributed by atoms with van der Waals surface area (Å²) in [5.41, 5.74) is 5.70. The van der Waals surface area contributed by atoms with Gasteiger partial charge in [0.25, 0.3) is 5.91 Å². The largest absolute Gasteiger partial charge is 0.378 e. The Kier molecular flexibility index (Phi) is 8.55. The van der Waals surface area contributed by atoms with Gasteiger partial charge in [-0.15, -0.1) is 0 Å². The number of carbonyl (C=O) groups is 2. The summed E-state index contributed by atoms with van der Waals surface area (Å²) in [7, 11) is 4.07. The highest BCUT2D eigenvalue weighted by molar-refractivity contribution is 6.05. The predicted octanol–water partition coefficient (Wildman–Crippen LogP) is 7.18. The van der Waals surface area contributed by atoms with Crippen molar-refractivity contribution in [1.82, 2.24) is 4.98 Å². The molecule has 6 heteroatoms. The van der Waals surface area contributed by atoms with Crippen LogP contribution in [0.5, 0.6) is 0 Å².